The largest absolute Gasteiger partial charge is 0.313 e. The fourth-order valence-corrected chi connectivity index (χ4v) is 5.89. The number of nitrogens with one attached hydrogen (secondary N) is 1. The minimum absolute atomic E-state index is 0.496. The van der Waals surface area contributed by atoms with Crippen LogP contribution in [0.4, 0.5) is 0 Å². The molecule has 1 unspecified atom stereocenters. The lowest BCUT2D eigenvalue weighted by Gasteiger charge is -2.43. The summed E-state index contributed by atoms with van der Waals surface area (Å²) in [7, 11) is 0. The average Bonchev–Trinajstić information content (AvgIpc) is 2.61. The summed E-state index contributed by atoms with van der Waals surface area (Å²) in [4.78, 5) is 0. The Bertz CT molecular complexity index is 374. The molecule has 0 heterocycles. The first-order valence-electron chi connectivity index (χ1n) is 8.27. The van der Waals surface area contributed by atoms with Crippen LogP contribution in [0.3, 0.4) is 0 Å². The van der Waals surface area contributed by atoms with Gasteiger partial charge in [0.15, 0.2) is 0 Å². The molecule has 0 aromatic heterocycles. The Labute approximate surface area is 119 Å². The molecule has 1 nitrogen and oxygen atoms in total. The molecule has 3 saturated carbocycles. The van der Waals surface area contributed by atoms with Gasteiger partial charge in [-0.3, -0.25) is 0 Å². The smallest absolute Gasteiger partial charge is 0.0175 e. The summed E-state index contributed by atoms with van der Waals surface area (Å²) >= 11 is 0. The molecule has 0 aromatic carbocycles. The zero-order valence-electron chi connectivity index (χ0n) is 14.1. The Kier molecular flexibility index (Phi) is 2.63. The van der Waals surface area contributed by atoms with Crippen molar-refractivity contribution in [1.82, 2.24) is 5.32 Å². The molecule has 2 bridgehead atoms. The van der Waals surface area contributed by atoms with Crippen molar-refractivity contribution in [3.63, 3.8) is 0 Å². The molecule has 1 N–H and O–H groups in total. The lowest BCUT2D eigenvalue weighted by atomic mass is 9.68. The fourth-order valence-electron chi connectivity index (χ4n) is 5.89. The van der Waals surface area contributed by atoms with Crippen LogP contribution in [0.25, 0.3) is 0 Å². The molecule has 0 aliphatic heterocycles. The van der Waals surface area contributed by atoms with Gasteiger partial charge in [0.05, 0.1) is 0 Å². The molecule has 1 heteroatoms. The molecule has 3 rings (SSSR count). The second-order valence-electron chi connectivity index (χ2n) is 9.75. The fraction of sp³-hybridized carbons (Fsp3) is 1.00. The lowest BCUT2D eigenvalue weighted by molar-refractivity contribution is 0.107. The summed E-state index contributed by atoms with van der Waals surface area (Å²) in [6.07, 6.45) is 4.35. The van der Waals surface area contributed by atoms with Gasteiger partial charge in [-0.15, -0.1) is 0 Å². The van der Waals surface area contributed by atoms with Gasteiger partial charge >= 0.3 is 0 Å². The van der Waals surface area contributed by atoms with Crippen LogP contribution in [-0.4, -0.2) is 12.6 Å². The minimum Gasteiger partial charge on any atom is -0.313 e. The predicted octanol–water partition coefficient (Wildman–Crippen LogP) is 4.47. The van der Waals surface area contributed by atoms with Gasteiger partial charge in [-0.2, -0.15) is 0 Å². The van der Waals surface area contributed by atoms with Crippen LogP contribution in [0.1, 0.15) is 67.7 Å². The van der Waals surface area contributed by atoms with Crippen molar-refractivity contribution in [2.24, 2.45) is 33.5 Å². The van der Waals surface area contributed by atoms with E-state index in [2.05, 4.69) is 53.8 Å². The number of hydrogen-bond donors (Lipinski definition) is 1. The topological polar surface area (TPSA) is 12.0 Å². The van der Waals surface area contributed by atoms with Gasteiger partial charge in [-0.05, 0) is 59.3 Å². The summed E-state index contributed by atoms with van der Waals surface area (Å²) in [5.74, 6) is 1.80. The van der Waals surface area contributed by atoms with Crippen LogP contribution in [0.2, 0.25) is 0 Å². The van der Waals surface area contributed by atoms with Gasteiger partial charge in [0.1, 0.15) is 0 Å². The second kappa shape index (κ2) is 3.59. The molecule has 0 aromatic rings. The van der Waals surface area contributed by atoms with Crippen molar-refractivity contribution in [2.45, 2.75) is 73.8 Å². The van der Waals surface area contributed by atoms with Crippen molar-refractivity contribution in [2.75, 3.05) is 6.54 Å². The molecular weight excluding hydrogens is 230 g/mol. The summed E-state index contributed by atoms with van der Waals surface area (Å²) in [6, 6.07) is 0.728. The van der Waals surface area contributed by atoms with E-state index in [1.807, 2.05) is 0 Å². The third kappa shape index (κ3) is 1.63. The van der Waals surface area contributed by atoms with Gasteiger partial charge < -0.3 is 5.32 Å². The Hall–Kier alpha value is -0.0400. The van der Waals surface area contributed by atoms with Crippen molar-refractivity contribution in [3.8, 4) is 0 Å². The Morgan fingerprint density at radius 2 is 1.53 bits per heavy atom. The van der Waals surface area contributed by atoms with Crippen LogP contribution in [0.5, 0.6) is 0 Å². The lowest BCUT2D eigenvalue weighted by Crippen LogP contribution is -2.51. The first-order chi connectivity index (χ1) is 8.53. The molecule has 0 amide bonds. The first kappa shape index (κ1) is 13.9. The molecule has 0 saturated heterocycles. The molecule has 19 heavy (non-hydrogen) atoms. The van der Waals surface area contributed by atoms with E-state index >= 15 is 0 Å². The molecule has 110 valence electrons. The highest BCUT2D eigenvalue weighted by molar-refractivity contribution is 5.16. The van der Waals surface area contributed by atoms with Gasteiger partial charge in [-0.25, -0.2) is 0 Å². The molecule has 3 fully saturated rings. The van der Waals surface area contributed by atoms with E-state index < -0.39 is 0 Å². The number of hydrogen-bond acceptors (Lipinski definition) is 1. The van der Waals surface area contributed by atoms with Crippen molar-refractivity contribution >= 4 is 0 Å². The van der Waals surface area contributed by atoms with Crippen LogP contribution >= 0.6 is 0 Å². The van der Waals surface area contributed by atoms with Crippen LogP contribution in [0.15, 0.2) is 0 Å². The molecule has 3 atom stereocenters. The van der Waals surface area contributed by atoms with Crippen LogP contribution in [0, 0.1) is 33.5 Å². The van der Waals surface area contributed by atoms with E-state index in [9.17, 15) is 0 Å². The second-order valence-corrected chi connectivity index (χ2v) is 9.75. The van der Waals surface area contributed by atoms with Crippen LogP contribution < -0.4 is 5.32 Å². The maximum atomic E-state index is 4.02. The zero-order valence-corrected chi connectivity index (χ0v) is 14.1. The SMILES string of the molecule is CC1(C)C(NCC2C(C)(C)C2(C)C)[C@]2(C)CC[C@H]1C2. The normalized spacial score (nSPS) is 45.6. The first-order valence-corrected chi connectivity index (χ1v) is 8.27. The zero-order chi connectivity index (χ0) is 14.3. The summed E-state index contributed by atoms with van der Waals surface area (Å²) in [5, 5.41) is 4.02. The highest BCUT2D eigenvalue weighted by atomic mass is 15.0. The van der Waals surface area contributed by atoms with Crippen LogP contribution in [-0.2, 0) is 0 Å². The predicted molar refractivity (Wildman–Crippen MR) is 82.1 cm³/mol. The Morgan fingerprint density at radius 1 is 0.947 bits per heavy atom. The summed E-state index contributed by atoms with van der Waals surface area (Å²) < 4.78 is 0. The van der Waals surface area contributed by atoms with E-state index in [0.29, 0.717) is 21.7 Å². The van der Waals surface area contributed by atoms with Gasteiger partial charge in [0, 0.05) is 6.04 Å². The molecule has 3 aliphatic rings. The minimum atomic E-state index is 0.496. The van der Waals surface area contributed by atoms with E-state index in [1.54, 1.807) is 0 Å². The Morgan fingerprint density at radius 3 is 1.95 bits per heavy atom. The maximum Gasteiger partial charge on any atom is 0.0175 e. The number of fused-ring (bicyclic) bond motifs is 2. The van der Waals surface area contributed by atoms with Gasteiger partial charge in [-0.1, -0.05) is 48.5 Å². The highest BCUT2D eigenvalue weighted by Gasteiger charge is 2.65. The maximum absolute atomic E-state index is 4.02. The van der Waals surface area contributed by atoms with Crippen molar-refractivity contribution < 1.29 is 0 Å². The van der Waals surface area contributed by atoms with Crippen molar-refractivity contribution in [3.05, 3.63) is 0 Å². The van der Waals surface area contributed by atoms with Gasteiger partial charge in [0.25, 0.3) is 0 Å². The monoisotopic (exact) mass is 263 g/mol. The standard InChI is InChI=1S/C18H33N/c1-15(2)12-8-9-18(7,10-12)14(15)19-11-13-16(3,4)17(13,5)6/h12-14,19H,8-11H2,1-7H3/t12-,14?,18+/m0/s1. The summed E-state index contributed by atoms with van der Waals surface area (Å²) in [6.45, 7) is 18.5. The highest BCUT2D eigenvalue weighted by Crippen LogP contribution is 2.68. The van der Waals surface area contributed by atoms with E-state index in [0.717, 1.165) is 17.9 Å². The molecular formula is C18H33N. The molecule has 0 radical (unpaired) electrons. The average molecular weight is 263 g/mol. The van der Waals surface area contributed by atoms with Crippen molar-refractivity contribution in [1.29, 1.82) is 0 Å². The van der Waals surface area contributed by atoms with E-state index in [-0.39, 0.29) is 0 Å². The van der Waals surface area contributed by atoms with E-state index in [1.165, 1.54) is 25.8 Å². The molecule has 0 spiro atoms. The molecule has 3 aliphatic carbocycles. The third-order valence-electron chi connectivity index (χ3n) is 8.12. The van der Waals surface area contributed by atoms with Gasteiger partial charge in [0.2, 0.25) is 0 Å². The van der Waals surface area contributed by atoms with E-state index in [4.69, 9.17) is 0 Å². The summed E-state index contributed by atoms with van der Waals surface area (Å²) in [5.41, 5.74) is 2.10. The third-order valence-corrected chi connectivity index (χ3v) is 8.12. The quantitative estimate of drug-likeness (QED) is 0.792. The Balaban J connectivity index is 1.68. The number of rotatable bonds is 3.